The van der Waals surface area contributed by atoms with Gasteiger partial charge in [-0.05, 0) is 18.1 Å². The molecule has 0 saturated carbocycles. The Morgan fingerprint density at radius 3 is 2.31 bits per heavy atom. The molecular formula is C10H11F3O2S. The number of sulfone groups is 1. The van der Waals surface area contributed by atoms with E-state index in [-0.39, 0.29) is 12.0 Å². The summed E-state index contributed by atoms with van der Waals surface area (Å²) in [5.74, 6) is 0. The van der Waals surface area contributed by atoms with Crippen LogP contribution in [0, 0.1) is 0 Å². The Hall–Kier alpha value is -1.04. The predicted molar refractivity (Wildman–Crippen MR) is 53.9 cm³/mol. The summed E-state index contributed by atoms with van der Waals surface area (Å²) in [6.07, 6.45) is 0.289. The van der Waals surface area contributed by atoms with E-state index in [9.17, 15) is 21.6 Å². The van der Waals surface area contributed by atoms with Crippen LogP contribution in [-0.2, 0) is 16.3 Å². The molecule has 0 fully saturated rings. The van der Waals surface area contributed by atoms with Gasteiger partial charge in [-0.2, -0.15) is 8.78 Å². The molecule has 0 spiro atoms. The van der Waals surface area contributed by atoms with Crippen molar-refractivity contribution in [3.63, 3.8) is 0 Å². The highest BCUT2D eigenvalue weighted by molar-refractivity contribution is 7.92. The first-order valence-corrected chi connectivity index (χ1v) is 6.11. The number of hydrogen-bond acceptors (Lipinski definition) is 2. The second-order valence-electron chi connectivity index (χ2n) is 3.24. The first-order chi connectivity index (χ1) is 7.36. The number of rotatable bonds is 4. The highest BCUT2D eigenvalue weighted by Gasteiger charge is 2.46. The molecule has 16 heavy (non-hydrogen) atoms. The lowest BCUT2D eigenvalue weighted by Gasteiger charge is -2.15. The van der Waals surface area contributed by atoms with E-state index in [0.29, 0.717) is 0 Å². The van der Waals surface area contributed by atoms with E-state index in [1.54, 1.807) is 13.0 Å². The maximum Gasteiger partial charge on any atom is 0.377 e. The van der Waals surface area contributed by atoms with Gasteiger partial charge < -0.3 is 0 Å². The molecule has 1 aromatic rings. The molecule has 0 aliphatic heterocycles. The largest absolute Gasteiger partial charge is 0.377 e. The molecule has 0 atom stereocenters. The Bertz CT molecular complexity index is 469. The molecule has 1 rings (SSSR count). The lowest BCUT2D eigenvalue weighted by atomic mass is 10.2. The topological polar surface area (TPSA) is 34.1 Å². The van der Waals surface area contributed by atoms with Gasteiger partial charge in [0.05, 0.1) is 4.90 Å². The van der Waals surface area contributed by atoms with Gasteiger partial charge in [0.2, 0.25) is 9.84 Å². The Morgan fingerprint density at radius 1 is 1.25 bits per heavy atom. The molecule has 0 bridgehead atoms. The molecule has 0 aliphatic rings. The normalized spacial score (nSPS) is 12.8. The van der Waals surface area contributed by atoms with E-state index < -0.39 is 26.7 Å². The van der Waals surface area contributed by atoms with E-state index in [1.165, 1.54) is 12.1 Å². The molecule has 0 N–H and O–H groups in total. The molecule has 0 amide bonds. The van der Waals surface area contributed by atoms with Crippen LogP contribution in [0.15, 0.2) is 29.2 Å². The summed E-state index contributed by atoms with van der Waals surface area (Å²) in [6, 6.07) is 5.38. The van der Waals surface area contributed by atoms with Crippen molar-refractivity contribution in [3.8, 4) is 0 Å². The van der Waals surface area contributed by atoms with Crippen LogP contribution in [0.3, 0.4) is 0 Å². The minimum absolute atomic E-state index is 0.260. The monoisotopic (exact) mass is 252 g/mol. The molecule has 90 valence electrons. The molecule has 6 heteroatoms. The van der Waals surface area contributed by atoms with Crippen molar-refractivity contribution < 1.29 is 21.6 Å². The third-order valence-electron chi connectivity index (χ3n) is 2.19. The van der Waals surface area contributed by atoms with Gasteiger partial charge in [0.25, 0.3) is 0 Å². The lowest BCUT2D eigenvalue weighted by Crippen LogP contribution is -2.31. The van der Waals surface area contributed by atoms with E-state index in [1.807, 2.05) is 0 Å². The van der Waals surface area contributed by atoms with Crippen LogP contribution in [0.4, 0.5) is 13.2 Å². The van der Waals surface area contributed by atoms with Crippen molar-refractivity contribution in [1.29, 1.82) is 0 Å². The summed E-state index contributed by atoms with van der Waals surface area (Å²) in [4.78, 5) is -0.500. The molecule has 2 nitrogen and oxygen atoms in total. The van der Waals surface area contributed by atoms with Crippen molar-refractivity contribution in [2.45, 2.75) is 23.5 Å². The fourth-order valence-corrected chi connectivity index (χ4v) is 2.57. The molecule has 0 saturated heterocycles. The fourth-order valence-electron chi connectivity index (χ4n) is 1.29. The van der Waals surface area contributed by atoms with Gasteiger partial charge in [-0.1, -0.05) is 25.1 Å². The second-order valence-corrected chi connectivity index (χ2v) is 5.28. The molecule has 1 aromatic carbocycles. The maximum atomic E-state index is 13.0. The quantitative estimate of drug-likeness (QED) is 0.825. The first-order valence-electron chi connectivity index (χ1n) is 4.63. The van der Waals surface area contributed by atoms with Crippen LogP contribution in [0.25, 0.3) is 0 Å². The number of alkyl halides is 3. The summed E-state index contributed by atoms with van der Waals surface area (Å²) < 4.78 is 60.9. The summed E-state index contributed by atoms with van der Waals surface area (Å²) in [5.41, 5.74) is 0.260. The van der Waals surface area contributed by atoms with Gasteiger partial charge >= 0.3 is 5.25 Å². The molecule has 0 radical (unpaired) electrons. The number of halogens is 3. The maximum absolute atomic E-state index is 13.0. The van der Waals surface area contributed by atoms with Crippen molar-refractivity contribution >= 4 is 9.84 Å². The second kappa shape index (κ2) is 4.45. The summed E-state index contributed by atoms with van der Waals surface area (Å²) in [6.45, 7) is -0.574. The average molecular weight is 252 g/mol. The standard InChI is InChI=1S/C10H11F3O2S/c1-2-8-5-3-4-6-9(8)16(14,15)10(12,13)7-11/h3-6H,2,7H2,1H3. The van der Waals surface area contributed by atoms with Crippen molar-refractivity contribution in [2.75, 3.05) is 6.67 Å². The van der Waals surface area contributed by atoms with Crippen LogP contribution in [0.1, 0.15) is 12.5 Å². The van der Waals surface area contributed by atoms with Crippen LogP contribution in [0.5, 0.6) is 0 Å². The van der Waals surface area contributed by atoms with Crippen LogP contribution in [-0.4, -0.2) is 20.3 Å². The predicted octanol–water partition coefficient (Wildman–Crippen LogP) is 2.59. The van der Waals surface area contributed by atoms with Crippen molar-refractivity contribution in [3.05, 3.63) is 29.8 Å². The summed E-state index contributed by atoms with van der Waals surface area (Å²) in [5, 5.41) is -4.36. The molecule has 0 aromatic heterocycles. The Balaban J connectivity index is 3.39. The minimum atomic E-state index is -4.94. The fraction of sp³-hybridized carbons (Fsp3) is 0.400. The highest BCUT2D eigenvalue weighted by atomic mass is 32.2. The lowest BCUT2D eigenvalue weighted by molar-refractivity contribution is 0.0619. The zero-order chi connectivity index (χ0) is 12.4. The number of aryl methyl sites for hydroxylation is 1. The van der Waals surface area contributed by atoms with Gasteiger partial charge in [0.15, 0.2) is 6.67 Å². The van der Waals surface area contributed by atoms with Crippen molar-refractivity contribution in [2.24, 2.45) is 0 Å². The Labute approximate surface area is 92.0 Å². The highest BCUT2D eigenvalue weighted by Crippen LogP contribution is 2.31. The average Bonchev–Trinajstić information content (AvgIpc) is 2.28. The zero-order valence-electron chi connectivity index (χ0n) is 8.58. The third kappa shape index (κ3) is 2.07. The van der Waals surface area contributed by atoms with Gasteiger partial charge in [0, 0.05) is 0 Å². The number of benzene rings is 1. The Morgan fingerprint density at radius 2 is 1.81 bits per heavy atom. The van der Waals surface area contributed by atoms with E-state index in [2.05, 4.69) is 0 Å². The Kier molecular flexibility index (Phi) is 3.62. The molecule has 0 heterocycles. The zero-order valence-corrected chi connectivity index (χ0v) is 9.40. The summed E-state index contributed by atoms with van der Waals surface area (Å²) >= 11 is 0. The molecular weight excluding hydrogens is 241 g/mol. The molecule has 0 aliphatic carbocycles. The van der Waals surface area contributed by atoms with E-state index >= 15 is 0 Å². The van der Waals surface area contributed by atoms with Crippen LogP contribution in [0.2, 0.25) is 0 Å². The smallest absolute Gasteiger partial charge is 0.243 e. The van der Waals surface area contributed by atoms with Crippen LogP contribution >= 0.6 is 0 Å². The number of hydrogen-bond donors (Lipinski definition) is 0. The first kappa shape index (κ1) is 13.0. The van der Waals surface area contributed by atoms with Crippen molar-refractivity contribution in [1.82, 2.24) is 0 Å². The van der Waals surface area contributed by atoms with Gasteiger partial charge in [-0.15, -0.1) is 0 Å². The van der Waals surface area contributed by atoms with Crippen LogP contribution < -0.4 is 0 Å². The van der Waals surface area contributed by atoms with Gasteiger partial charge in [-0.3, -0.25) is 0 Å². The van der Waals surface area contributed by atoms with Gasteiger partial charge in [-0.25, -0.2) is 12.8 Å². The van der Waals surface area contributed by atoms with E-state index in [0.717, 1.165) is 6.07 Å². The van der Waals surface area contributed by atoms with E-state index in [4.69, 9.17) is 0 Å². The van der Waals surface area contributed by atoms with Gasteiger partial charge in [0.1, 0.15) is 0 Å². The minimum Gasteiger partial charge on any atom is -0.243 e. The SMILES string of the molecule is CCc1ccccc1S(=O)(=O)C(F)(F)CF. The summed E-state index contributed by atoms with van der Waals surface area (Å²) in [7, 11) is -4.94. The molecule has 0 unspecified atom stereocenters. The third-order valence-corrected chi connectivity index (χ3v) is 4.06.